The molecule has 2 aliphatic carbocycles. The lowest BCUT2D eigenvalue weighted by atomic mass is 9.73. The zero-order valence-corrected chi connectivity index (χ0v) is 11.2. The molecule has 4 nitrogen and oxygen atoms in total. The summed E-state index contributed by atoms with van der Waals surface area (Å²) in [5.74, 6) is 0.335. The Labute approximate surface area is 107 Å². The van der Waals surface area contributed by atoms with Crippen molar-refractivity contribution < 1.29 is 19.1 Å². The minimum absolute atomic E-state index is 0.288. The van der Waals surface area contributed by atoms with E-state index < -0.39 is 5.41 Å². The van der Waals surface area contributed by atoms with Crippen LogP contribution in [-0.4, -0.2) is 18.7 Å². The number of carbonyl (C=O) groups excluding carboxylic acids is 2. The number of hydrogen-bond acceptors (Lipinski definition) is 4. The van der Waals surface area contributed by atoms with Gasteiger partial charge in [0.1, 0.15) is 0 Å². The normalized spacial score (nSPS) is 25.8. The molecular weight excluding hydrogens is 232 g/mol. The van der Waals surface area contributed by atoms with Crippen LogP contribution in [0.15, 0.2) is 11.6 Å². The predicted molar refractivity (Wildman–Crippen MR) is 65.4 cm³/mol. The van der Waals surface area contributed by atoms with Crippen molar-refractivity contribution in [2.45, 2.75) is 40.0 Å². The molecule has 0 heterocycles. The third kappa shape index (κ3) is 2.57. The van der Waals surface area contributed by atoms with E-state index >= 15 is 0 Å². The van der Waals surface area contributed by atoms with Gasteiger partial charge in [-0.25, -0.2) is 4.79 Å². The van der Waals surface area contributed by atoms with Crippen molar-refractivity contribution in [3.63, 3.8) is 0 Å². The maximum atomic E-state index is 11.8. The minimum Gasteiger partial charge on any atom is -0.427 e. The highest BCUT2D eigenvalue weighted by molar-refractivity contribution is 5.90. The SMILES string of the molecule is CC(C)(C)C(=O)OCOC(=O)C1=CCC2CCC12. The molecule has 0 N–H and O–H groups in total. The van der Waals surface area contributed by atoms with Gasteiger partial charge in [0, 0.05) is 5.57 Å². The van der Waals surface area contributed by atoms with Crippen LogP contribution in [0.25, 0.3) is 0 Å². The highest BCUT2D eigenvalue weighted by atomic mass is 16.7. The third-order valence-corrected chi connectivity index (χ3v) is 3.69. The van der Waals surface area contributed by atoms with Gasteiger partial charge in [-0.3, -0.25) is 4.79 Å². The summed E-state index contributed by atoms with van der Waals surface area (Å²) in [5, 5.41) is 0. The van der Waals surface area contributed by atoms with E-state index in [1.807, 2.05) is 6.08 Å². The van der Waals surface area contributed by atoms with E-state index in [1.54, 1.807) is 20.8 Å². The molecule has 0 spiro atoms. The Bertz CT molecular complexity index is 389. The van der Waals surface area contributed by atoms with Gasteiger partial charge in [-0.15, -0.1) is 0 Å². The molecule has 2 aliphatic rings. The van der Waals surface area contributed by atoms with Crippen molar-refractivity contribution in [2.75, 3.05) is 6.79 Å². The zero-order valence-electron chi connectivity index (χ0n) is 11.2. The first-order chi connectivity index (χ1) is 8.39. The summed E-state index contributed by atoms with van der Waals surface area (Å²) in [4.78, 5) is 23.3. The molecule has 100 valence electrons. The van der Waals surface area contributed by atoms with Gasteiger partial charge in [0.15, 0.2) is 0 Å². The van der Waals surface area contributed by atoms with Gasteiger partial charge in [-0.1, -0.05) is 6.08 Å². The molecule has 1 saturated carbocycles. The van der Waals surface area contributed by atoms with E-state index in [9.17, 15) is 9.59 Å². The van der Waals surface area contributed by atoms with Crippen LogP contribution >= 0.6 is 0 Å². The van der Waals surface area contributed by atoms with E-state index in [0.717, 1.165) is 18.4 Å². The number of allylic oxidation sites excluding steroid dienone is 1. The molecule has 0 aromatic rings. The summed E-state index contributed by atoms with van der Waals surface area (Å²) < 4.78 is 9.90. The smallest absolute Gasteiger partial charge is 0.336 e. The maximum absolute atomic E-state index is 11.8. The number of ether oxygens (including phenoxy) is 2. The fourth-order valence-electron chi connectivity index (χ4n) is 2.36. The molecule has 4 heteroatoms. The fourth-order valence-corrected chi connectivity index (χ4v) is 2.36. The second-order valence-corrected chi connectivity index (χ2v) is 6.07. The van der Waals surface area contributed by atoms with Crippen molar-refractivity contribution in [1.82, 2.24) is 0 Å². The molecule has 0 radical (unpaired) electrons. The molecule has 0 bridgehead atoms. The monoisotopic (exact) mass is 252 g/mol. The van der Waals surface area contributed by atoms with Crippen LogP contribution in [0.4, 0.5) is 0 Å². The van der Waals surface area contributed by atoms with Crippen LogP contribution in [-0.2, 0) is 19.1 Å². The molecular formula is C14H20O4. The highest BCUT2D eigenvalue weighted by Gasteiger charge is 2.40. The Morgan fingerprint density at radius 2 is 2.00 bits per heavy atom. The maximum Gasteiger partial charge on any atom is 0.336 e. The number of fused-ring (bicyclic) bond motifs is 1. The van der Waals surface area contributed by atoms with Gasteiger partial charge in [0.2, 0.25) is 6.79 Å². The van der Waals surface area contributed by atoms with Crippen molar-refractivity contribution >= 4 is 11.9 Å². The van der Waals surface area contributed by atoms with Gasteiger partial charge in [0.05, 0.1) is 5.41 Å². The molecule has 0 aromatic carbocycles. The lowest BCUT2D eigenvalue weighted by Gasteiger charge is -2.31. The van der Waals surface area contributed by atoms with Crippen LogP contribution in [0, 0.1) is 17.3 Å². The summed E-state index contributed by atoms with van der Waals surface area (Å²) in [7, 11) is 0. The van der Waals surface area contributed by atoms with Crippen LogP contribution in [0.5, 0.6) is 0 Å². The fraction of sp³-hybridized carbons (Fsp3) is 0.714. The van der Waals surface area contributed by atoms with Gasteiger partial charge in [0.25, 0.3) is 0 Å². The minimum atomic E-state index is -0.571. The summed E-state index contributed by atoms with van der Waals surface area (Å²) in [6.45, 7) is 4.99. The molecule has 2 rings (SSSR count). The number of rotatable bonds is 3. The van der Waals surface area contributed by atoms with E-state index in [-0.39, 0.29) is 18.7 Å². The Kier molecular flexibility index (Phi) is 3.46. The van der Waals surface area contributed by atoms with Crippen molar-refractivity contribution in [2.24, 2.45) is 17.3 Å². The van der Waals surface area contributed by atoms with Crippen LogP contribution in [0.3, 0.4) is 0 Å². The van der Waals surface area contributed by atoms with Gasteiger partial charge in [-0.2, -0.15) is 0 Å². The highest BCUT2D eigenvalue weighted by Crippen LogP contribution is 2.47. The predicted octanol–water partition coefficient (Wildman–Crippen LogP) is 2.43. The van der Waals surface area contributed by atoms with Crippen LogP contribution < -0.4 is 0 Å². The van der Waals surface area contributed by atoms with Gasteiger partial charge in [-0.05, 0) is 51.9 Å². The average Bonchev–Trinajstić information content (AvgIpc) is 2.52. The van der Waals surface area contributed by atoms with Gasteiger partial charge >= 0.3 is 11.9 Å². The Hall–Kier alpha value is -1.32. The summed E-state index contributed by atoms with van der Waals surface area (Å²) in [5.41, 5.74) is 0.205. The quantitative estimate of drug-likeness (QED) is 0.572. The lowest BCUT2D eigenvalue weighted by molar-refractivity contribution is -0.171. The Balaban J connectivity index is 1.74. The van der Waals surface area contributed by atoms with Crippen LogP contribution in [0.2, 0.25) is 0 Å². The van der Waals surface area contributed by atoms with E-state index in [2.05, 4.69) is 0 Å². The molecule has 0 aromatic heterocycles. The van der Waals surface area contributed by atoms with Crippen LogP contribution in [0.1, 0.15) is 40.0 Å². The Morgan fingerprint density at radius 3 is 2.50 bits per heavy atom. The van der Waals surface area contributed by atoms with E-state index in [0.29, 0.717) is 11.8 Å². The first-order valence-corrected chi connectivity index (χ1v) is 6.44. The average molecular weight is 252 g/mol. The molecule has 0 amide bonds. The second kappa shape index (κ2) is 4.75. The number of hydrogen-bond donors (Lipinski definition) is 0. The lowest BCUT2D eigenvalue weighted by Crippen LogP contribution is -2.28. The summed E-state index contributed by atoms with van der Waals surface area (Å²) >= 11 is 0. The van der Waals surface area contributed by atoms with E-state index in [1.165, 1.54) is 6.42 Å². The first-order valence-electron chi connectivity index (χ1n) is 6.44. The standard InChI is InChI=1S/C14H20O4/c1-14(2,3)13(16)18-8-17-12(15)11-7-5-9-4-6-10(9)11/h7,9-10H,4-6,8H2,1-3H3. The zero-order chi connectivity index (χ0) is 13.3. The first kappa shape index (κ1) is 13.1. The molecule has 2 atom stereocenters. The van der Waals surface area contributed by atoms with Crippen molar-refractivity contribution in [3.05, 3.63) is 11.6 Å². The van der Waals surface area contributed by atoms with Gasteiger partial charge < -0.3 is 9.47 Å². The molecule has 1 fully saturated rings. The summed E-state index contributed by atoms with van der Waals surface area (Å²) in [6.07, 6.45) is 5.23. The third-order valence-electron chi connectivity index (χ3n) is 3.69. The Morgan fingerprint density at radius 1 is 1.28 bits per heavy atom. The molecule has 2 unspecified atom stereocenters. The molecule has 0 aliphatic heterocycles. The largest absolute Gasteiger partial charge is 0.427 e. The number of esters is 2. The second-order valence-electron chi connectivity index (χ2n) is 6.07. The van der Waals surface area contributed by atoms with Crippen molar-refractivity contribution in [1.29, 1.82) is 0 Å². The number of carbonyl (C=O) groups is 2. The topological polar surface area (TPSA) is 52.6 Å². The van der Waals surface area contributed by atoms with E-state index in [4.69, 9.17) is 9.47 Å². The molecule has 0 saturated heterocycles. The van der Waals surface area contributed by atoms with Crippen molar-refractivity contribution in [3.8, 4) is 0 Å². The summed E-state index contributed by atoms with van der Waals surface area (Å²) in [6, 6.07) is 0. The molecule has 18 heavy (non-hydrogen) atoms.